The number of anilines is 1. The van der Waals surface area contributed by atoms with Crippen molar-refractivity contribution in [2.45, 2.75) is 25.9 Å². The Labute approximate surface area is 195 Å². The molecule has 12 nitrogen and oxygen atoms in total. The number of rotatable bonds is 7. The van der Waals surface area contributed by atoms with Crippen molar-refractivity contribution in [3.63, 3.8) is 0 Å². The van der Waals surface area contributed by atoms with Crippen LogP contribution in [0.1, 0.15) is 44.7 Å². The number of methoxy groups -OCH3 is 1. The third-order valence-corrected chi connectivity index (χ3v) is 6.36. The van der Waals surface area contributed by atoms with Gasteiger partial charge < -0.3 is 18.8 Å². The lowest BCUT2D eigenvalue weighted by Gasteiger charge is -2.39. The van der Waals surface area contributed by atoms with Gasteiger partial charge in [0.25, 0.3) is 10.0 Å². The number of furan rings is 1. The summed E-state index contributed by atoms with van der Waals surface area (Å²) in [4.78, 5) is 42.2. The molecule has 1 aliphatic heterocycles. The Morgan fingerprint density at radius 2 is 1.91 bits per heavy atom. The van der Waals surface area contributed by atoms with Crippen molar-refractivity contribution in [3.05, 3.63) is 40.3 Å². The summed E-state index contributed by atoms with van der Waals surface area (Å²) in [5.41, 5.74) is 0.587. The molecule has 3 rings (SSSR count). The molecular formula is C21H22N4O8S. The number of aromatic nitrogens is 1. The highest BCUT2D eigenvalue weighted by Gasteiger charge is 2.38. The van der Waals surface area contributed by atoms with Gasteiger partial charge in [0.1, 0.15) is 23.2 Å². The Hall–Kier alpha value is -3.92. The summed E-state index contributed by atoms with van der Waals surface area (Å²) < 4.78 is 41.6. The quantitative estimate of drug-likeness (QED) is 0.551. The number of pyridine rings is 1. The number of nitrogens with zero attached hydrogens (tertiary/aromatic N) is 3. The van der Waals surface area contributed by atoms with Crippen molar-refractivity contribution in [1.82, 2.24) is 9.71 Å². The van der Waals surface area contributed by atoms with Gasteiger partial charge in [0.05, 0.1) is 36.5 Å². The summed E-state index contributed by atoms with van der Waals surface area (Å²) in [5, 5.41) is 8.89. The van der Waals surface area contributed by atoms with E-state index in [4.69, 9.17) is 9.15 Å². The van der Waals surface area contributed by atoms with Crippen molar-refractivity contribution in [2.75, 3.05) is 31.7 Å². The molecule has 3 heterocycles. The van der Waals surface area contributed by atoms with E-state index < -0.39 is 38.9 Å². The predicted molar refractivity (Wildman–Crippen MR) is 115 cm³/mol. The molecule has 0 aliphatic carbocycles. The van der Waals surface area contributed by atoms with Crippen LogP contribution in [-0.4, -0.2) is 58.1 Å². The van der Waals surface area contributed by atoms with Crippen LogP contribution < -0.4 is 9.62 Å². The van der Waals surface area contributed by atoms with E-state index in [2.05, 4.69) is 9.72 Å². The molecule has 180 valence electrons. The molecule has 1 N–H and O–H groups in total. The van der Waals surface area contributed by atoms with Gasteiger partial charge >= 0.3 is 11.9 Å². The number of nitriles is 1. The van der Waals surface area contributed by atoms with Crippen molar-refractivity contribution in [3.8, 4) is 6.07 Å². The van der Waals surface area contributed by atoms with Crippen molar-refractivity contribution < 1.29 is 36.7 Å². The van der Waals surface area contributed by atoms with E-state index in [-0.39, 0.29) is 48.0 Å². The number of esters is 2. The summed E-state index contributed by atoms with van der Waals surface area (Å²) in [6.45, 7) is 5.04. The van der Waals surface area contributed by atoms with Crippen LogP contribution in [0.25, 0.3) is 0 Å². The predicted octanol–water partition coefficient (Wildman–Crippen LogP) is 1.07. The maximum atomic E-state index is 12.5. The number of ether oxygens (including phenoxy) is 2. The number of hydrogen-bond donors (Lipinski definition) is 1. The van der Waals surface area contributed by atoms with E-state index in [1.165, 1.54) is 13.0 Å². The lowest BCUT2D eigenvalue weighted by molar-refractivity contribution is -0.123. The molecule has 2 aromatic heterocycles. The van der Waals surface area contributed by atoms with E-state index in [1.807, 2.05) is 10.8 Å². The molecule has 34 heavy (non-hydrogen) atoms. The topological polar surface area (TPSA) is 169 Å². The molecule has 1 fully saturated rings. The number of carbonyl (C=O) groups is 3. The molecule has 0 bridgehead atoms. The summed E-state index contributed by atoms with van der Waals surface area (Å²) in [5.74, 6) is -2.53. The second-order valence-electron chi connectivity index (χ2n) is 7.42. The van der Waals surface area contributed by atoms with E-state index in [0.29, 0.717) is 5.69 Å². The molecule has 0 unspecified atom stereocenters. The maximum Gasteiger partial charge on any atom is 0.341 e. The van der Waals surface area contributed by atoms with Crippen LogP contribution in [0.2, 0.25) is 0 Å². The lowest BCUT2D eigenvalue weighted by Crippen LogP contribution is -2.55. The molecule has 0 atom stereocenters. The zero-order chi connectivity index (χ0) is 25.2. The lowest BCUT2D eigenvalue weighted by atomic mass is 9.98. The van der Waals surface area contributed by atoms with E-state index in [1.54, 1.807) is 18.7 Å². The zero-order valence-corrected chi connectivity index (χ0v) is 19.7. The van der Waals surface area contributed by atoms with Gasteiger partial charge in [-0.25, -0.2) is 19.3 Å². The average Bonchev–Trinajstić information content (AvgIpc) is 3.14. The Balaban J connectivity index is 1.71. The van der Waals surface area contributed by atoms with Gasteiger partial charge in [-0.3, -0.25) is 4.79 Å². The molecule has 1 aliphatic rings. The summed E-state index contributed by atoms with van der Waals surface area (Å²) in [7, 11) is -3.21. The first kappa shape index (κ1) is 24.7. The van der Waals surface area contributed by atoms with Crippen molar-refractivity contribution >= 4 is 33.7 Å². The first-order valence-electron chi connectivity index (χ1n) is 10.1. The summed E-state index contributed by atoms with van der Waals surface area (Å²) in [6.07, 6.45) is 0. The van der Waals surface area contributed by atoms with E-state index in [9.17, 15) is 28.1 Å². The number of amides is 1. The second-order valence-corrected chi connectivity index (χ2v) is 9.04. The van der Waals surface area contributed by atoms with Crippen molar-refractivity contribution in [1.29, 1.82) is 5.26 Å². The van der Waals surface area contributed by atoms with Crippen LogP contribution in [0.15, 0.2) is 21.6 Å². The highest BCUT2D eigenvalue weighted by atomic mass is 32.2. The highest BCUT2D eigenvalue weighted by molar-refractivity contribution is 7.89. The molecule has 0 radical (unpaired) electrons. The van der Waals surface area contributed by atoms with Crippen LogP contribution in [0.3, 0.4) is 0 Å². The second kappa shape index (κ2) is 9.52. The van der Waals surface area contributed by atoms with Gasteiger partial charge in [-0.2, -0.15) is 13.7 Å². The number of hydrogen-bond acceptors (Lipinski definition) is 11. The molecule has 0 spiro atoms. The average molecular weight is 490 g/mol. The van der Waals surface area contributed by atoms with Crippen LogP contribution in [0.4, 0.5) is 5.82 Å². The minimum absolute atomic E-state index is 0.0336. The van der Waals surface area contributed by atoms with Crippen LogP contribution >= 0.6 is 0 Å². The number of sulfonamides is 1. The van der Waals surface area contributed by atoms with Crippen LogP contribution in [0, 0.1) is 31.1 Å². The van der Waals surface area contributed by atoms with Crippen LogP contribution in [-0.2, 0) is 24.3 Å². The third kappa shape index (κ3) is 4.72. The fourth-order valence-electron chi connectivity index (χ4n) is 3.31. The molecule has 1 amide bonds. The normalized spacial score (nSPS) is 13.6. The maximum absolute atomic E-state index is 12.5. The minimum atomic E-state index is -4.36. The fourth-order valence-corrected chi connectivity index (χ4v) is 4.35. The molecule has 0 saturated carbocycles. The first-order chi connectivity index (χ1) is 16.0. The number of nitrogens with one attached hydrogen (secondary N) is 1. The monoisotopic (exact) mass is 490 g/mol. The van der Waals surface area contributed by atoms with E-state index in [0.717, 1.165) is 13.2 Å². The highest BCUT2D eigenvalue weighted by Crippen LogP contribution is 2.29. The molecule has 1 saturated heterocycles. The smallest absolute Gasteiger partial charge is 0.341 e. The first-order valence-corrected chi connectivity index (χ1v) is 11.6. The van der Waals surface area contributed by atoms with Gasteiger partial charge in [-0.05, 0) is 26.8 Å². The number of carbonyl (C=O) groups excluding carboxylic acids is 3. The number of aryl methyl sites for hydroxylation is 2. The summed E-state index contributed by atoms with van der Waals surface area (Å²) in [6, 6.07) is 4.34. The van der Waals surface area contributed by atoms with E-state index >= 15 is 0 Å². The van der Waals surface area contributed by atoms with Crippen molar-refractivity contribution in [2.24, 2.45) is 5.92 Å². The van der Waals surface area contributed by atoms with Gasteiger partial charge in [-0.15, -0.1) is 0 Å². The minimum Gasteiger partial charge on any atom is -0.465 e. The Kier molecular flexibility index (Phi) is 6.92. The Morgan fingerprint density at radius 3 is 2.50 bits per heavy atom. The molecular weight excluding hydrogens is 468 g/mol. The molecule has 2 aromatic rings. The standard InChI is InChI=1S/C21H22N4O8S/c1-5-32-21(28)15-6-13(8-22)18(23-11(15)2)25-9-14(10-25)19(26)24-34(29,30)17-7-16(12(3)33-17)20(27)31-4/h6-7,14H,5,9-10H2,1-4H3,(H,24,26). The van der Waals surface area contributed by atoms with Gasteiger partial charge in [0.2, 0.25) is 11.0 Å². The molecule has 0 aromatic carbocycles. The fraction of sp³-hybridized carbons (Fsp3) is 0.381. The summed E-state index contributed by atoms with van der Waals surface area (Å²) >= 11 is 0. The van der Waals surface area contributed by atoms with Crippen LogP contribution in [0.5, 0.6) is 0 Å². The zero-order valence-electron chi connectivity index (χ0n) is 18.9. The van der Waals surface area contributed by atoms with Gasteiger partial charge in [0, 0.05) is 19.2 Å². The Bertz CT molecular complexity index is 1300. The Morgan fingerprint density at radius 1 is 1.24 bits per heavy atom. The SMILES string of the molecule is CCOC(=O)c1cc(C#N)c(N2CC(C(=O)NS(=O)(=O)c3cc(C(=O)OC)c(C)o3)C2)nc1C. The van der Waals surface area contributed by atoms with Gasteiger partial charge in [-0.1, -0.05) is 0 Å². The molecule has 13 heteroatoms. The third-order valence-electron chi connectivity index (χ3n) is 5.16. The largest absolute Gasteiger partial charge is 0.465 e. The van der Waals surface area contributed by atoms with Gasteiger partial charge in [0.15, 0.2) is 0 Å².